The molecular weight excluding hydrogens is 366 g/mol. The van der Waals surface area contributed by atoms with Crippen LogP contribution in [-0.4, -0.2) is 43.0 Å². The average Bonchev–Trinajstić information content (AvgIpc) is 3.09. The Morgan fingerprint density at radius 3 is 2.86 bits per heavy atom. The highest BCUT2D eigenvalue weighted by Crippen LogP contribution is 2.27. The third-order valence-corrected chi connectivity index (χ3v) is 4.76. The number of para-hydroxylation sites is 1. The van der Waals surface area contributed by atoms with Crippen LogP contribution in [0.1, 0.15) is 41.4 Å². The minimum atomic E-state index is -0.128. The normalized spacial score (nSPS) is 11.2. The molecule has 29 heavy (non-hydrogen) atoms. The van der Waals surface area contributed by atoms with E-state index in [1.165, 1.54) is 0 Å². The number of furan rings is 1. The lowest BCUT2D eigenvalue weighted by molar-refractivity contribution is 0.0950. The molecule has 0 bridgehead atoms. The number of hydrogen-bond donors (Lipinski definition) is 1. The van der Waals surface area contributed by atoms with Gasteiger partial charge in [-0.3, -0.25) is 9.78 Å². The van der Waals surface area contributed by atoms with Crippen LogP contribution in [0.3, 0.4) is 0 Å². The molecule has 6 nitrogen and oxygen atoms in total. The molecule has 1 aromatic carbocycles. The summed E-state index contributed by atoms with van der Waals surface area (Å²) < 4.78 is 11.8. The molecule has 3 aromatic rings. The molecule has 1 amide bonds. The van der Waals surface area contributed by atoms with E-state index in [1.807, 2.05) is 44.4 Å². The Morgan fingerprint density at radius 1 is 1.24 bits per heavy atom. The van der Waals surface area contributed by atoms with Gasteiger partial charge in [-0.25, -0.2) is 0 Å². The number of benzene rings is 1. The number of nitrogens with zero attached hydrogens (tertiary/aromatic N) is 2. The number of unbranched alkanes of at least 4 members (excludes halogenated alkanes) is 1. The fourth-order valence-corrected chi connectivity index (χ4v) is 3.15. The van der Waals surface area contributed by atoms with Crippen LogP contribution in [0.4, 0.5) is 0 Å². The number of fused-ring (bicyclic) bond motifs is 1. The molecule has 0 saturated heterocycles. The summed E-state index contributed by atoms with van der Waals surface area (Å²) in [7, 11) is 4.00. The summed E-state index contributed by atoms with van der Waals surface area (Å²) in [5, 5.41) is 3.89. The highest BCUT2D eigenvalue weighted by Gasteiger charge is 2.20. The summed E-state index contributed by atoms with van der Waals surface area (Å²) in [6.07, 6.45) is 6.18. The van der Waals surface area contributed by atoms with Crippen molar-refractivity contribution in [2.45, 2.75) is 32.7 Å². The van der Waals surface area contributed by atoms with Gasteiger partial charge in [0.2, 0.25) is 0 Å². The van der Waals surface area contributed by atoms with Crippen molar-refractivity contribution in [1.82, 2.24) is 15.2 Å². The maximum Gasteiger partial charge on any atom is 0.255 e. The zero-order chi connectivity index (χ0) is 20.6. The number of nitrogens with one attached hydrogen (secondary N) is 1. The molecular formula is C23H29N3O3. The fraction of sp³-hybridized carbons (Fsp3) is 0.391. The molecule has 2 heterocycles. The van der Waals surface area contributed by atoms with E-state index in [4.69, 9.17) is 9.15 Å². The number of rotatable bonds is 10. The molecule has 0 aliphatic carbocycles. The number of ether oxygens (including phenoxy) is 1. The lowest BCUT2D eigenvalue weighted by atomic mass is 10.1. The van der Waals surface area contributed by atoms with E-state index in [0.29, 0.717) is 24.5 Å². The van der Waals surface area contributed by atoms with Crippen molar-refractivity contribution in [3.8, 4) is 5.75 Å². The maximum atomic E-state index is 13.1. The number of amides is 1. The lowest BCUT2D eigenvalue weighted by Gasteiger charge is -2.14. The van der Waals surface area contributed by atoms with Crippen LogP contribution in [-0.2, 0) is 13.0 Å². The SMILES string of the molecule is CCCCc1oc2ccccc2c1C(=O)NCc1ccncc1OCCN(C)C. The van der Waals surface area contributed by atoms with Gasteiger partial charge in [-0.05, 0) is 32.6 Å². The van der Waals surface area contributed by atoms with E-state index >= 15 is 0 Å². The van der Waals surface area contributed by atoms with Gasteiger partial charge in [0.1, 0.15) is 23.7 Å². The van der Waals surface area contributed by atoms with E-state index < -0.39 is 0 Å². The highest BCUT2D eigenvalue weighted by molar-refractivity contribution is 6.07. The number of aryl methyl sites for hydroxylation is 1. The maximum absolute atomic E-state index is 13.1. The van der Waals surface area contributed by atoms with E-state index in [0.717, 1.165) is 48.1 Å². The van der Waals surface area contributed by atoms with E-state index in [-0.39, 0.29) is 5.91 Å². The summed E-state index contributed by atoms with van der Waals surface area (Å²) in [6, 6.07) is 9.56. The van der Waals surface area contributed by atoms with Crippen LogP contribution < -0.4 is 10.1 Å². The van der Waals surface area contributed by atoms with Gasteiger partial charge in [-0.15, -0.1) is 0 Å². The monoisotopic (exact) mass is 395 g/mol. The molecule has 3 rings (SSSR count). The van der Waals surface area contributed by atoms with Crippen molar-refractivity contribution in [1.29, 1.82) is 0 Å². The molecule has 0 fully saturated rings. The summed E-state index contributed by atoms with van der Waals surface area (Å²) in [4.78, 5) is 19.3. The number of pyridine rings is 1. The Balaban J connectivity index is 1.75. The average molecular weight is 396 g/mol. The van der Waals surface area contributed by atoms with Crippen LogP contribution in [0.2, 0.25) is 0 Å². The Kier molecular flexibility index (Phi) is 7.25. The summed E-state index contributed by atoms with van der Waals surface area (Å²) in [5.74, 6) is 1.32. The number of carbonyl (C=O) groups is 1. The van der Waals surface area contributed by atoms with Crippen LogP contribution in [0, 0.1) is 0 Å². The molecule has 154 valence electrons. The molecule has 2 aromatic heterocycles. The number of carbonyl (C=O) groups excluding carboxylic acids is 1. The second-order valence-corrected chi connectivity index (χ2v) is 7.32. The molecule has 0 aliphatic rings. The molecule has 0 radical (unpaired) electrons. The van der Waals surface area contributed by atoms with Crippen molar-refractivity contribution in [2.75, 3.05) is 27.2 Å². The first-order chi connectivity index (χ1) is 14.1. The molecule has 0 unspecified atom stereocenters. The summed E-state index contributed by atoms with van der Waals surface area (Å²) in [6.45, 7) is 3.87. The smallest absolute Gasteiger partial charge is 0.255 e. The summed E-state index contributed by atoms with van der Waals surface area (Å²) >= 11 is 0. The van der Waals surface area contributed by atoms with Gasteiger partial charge in [-0.1, -0.05) is 31.5 Å². The molecule has 0 spiro atoms. The van der Waals surface area contributed by atoms with E-state index in [2.05, 4.69) is 22.1 Å². The zero-order valence-corrected chi connectivity index (χ0v) is 17.4. The van der Waals surface area contributed by atoms with Gasteiger partial charge < -0.3 is 19.4 Å². The lowest BCUT2D eigenvalue weighted by Crippen LogP contribution is -2.24. The Hall–Kier alpha value is -2.86. The van der Waals surface area contributed by atoms with Crippen molar-refractivity contribution in [3.05, 3.63) is 59.6 Å². The fourth-order valence-electron chi connectivity index (χ4n) is 3.15. The first-order valence-electron chi connectivity index (χ1n) is 10.1. The molecule has 0 aliphatic heterocycles. The topological polar surface area (TPSA) is 67.6 Å². The van der Waals surface area contributed by atoms with Crippen LogP contribution in [0.15, 0.2) is 47.1 Å². The predicted molar refractivity (Wildman–Crippen MR) is 114 cm³/mol. The second kappa shape index (κ2) is 10.1. The third kappa shape index (κ3) is 5.35. The minimum Gasteiger partial charge on any atom is -0.490 e. The molecule has 0 saturated carbocycles. The number of hydrogen-bond acceptors (Lipinski definition) is 5. The standard InChI is InChI=1S/C23H29N3O3/c1-4-5-9-20-22(18-8-6-7-10-19(18)29-20)23(27)25-15-17-11-12-24-16-21(17)28-14-13-26(2)3/h6-8,10-12,16H,4-5,9,13-15H2,1-3H3,(H,25,27). The first-order valence-corrected chi connectivity index (χ1v) is 10.1. The predicted octanol–water partition coefficient (Wildman–Crippen LogP) is 4.04. The van der Waals surface area contributed by atoms with Crippen molar-refractivity contribution >= 4 is 16.9 Å². The number of aromatic nitrogens is 1. The second-order valence-electron chi connectivity index (χ2n) is 7.32. The van der Waals surface area contributed by atoms with Gasteiger partial charge in [0.05, 0.1) is 11.8 Å². The van der Waals surface area contributed by atoms with E-state index in [9.17, 15) is 4.79 Å². The van der Waals surface area contributed by atoms with Crippen LogP contribution in [0.25, 0.3) is 11.0 Å². The van der Waals surface area contributed by atoms with Gasteiger partial charge >= 0.3 is 0 Å². The van der Waals surface area contributed by atoms with Gasteiger partial charge in [0.25, 0.3) is 5.91 Å². The number of likely N-dealkylation sites (N-methyl/N-ethyl adjacent to an activating group) is 1. The Bertz CT molecular complexity index is 949. The molecule has 0 atom stereocenters. The Labute approximate surface area is 171 Å². The summed E-state index contributed by atoms with van der Waals surface area (Å²) in [5.41, 5.74) is 2.29. The van der Waals surface area contributed by atoms with Crippen LogP contribution >= 0.6 is 0 Å². The molecule has 6 heteroatoms. The van der Waals surface area contributed by atoms with Crippen LogP contribution in [0.5, 0.6) is 5.75 Å². The minimum absolute atomic E-state index is 0.128. The quantitative estimate of drug-likeness (QED) is 0.561. The van der Waals surface area contributed by atoms with Gasteiger partial charge in [-0.2, -0.15) is 0 Å². The first kappa shape index (κ1) is 20.9. The highest BCUT2D eigenvalue weighted by atomic mass is 16.5. The van der Waals surface area contributed by atoms with Gasteiger partial charge in [0, 0.05) is 36.7 Å². The van der Waals surface area contributed by atoms with Crippen molar-refractivity contribution < 1.29 is 13.9 Å². The van der Waals surface area contributed by atoms with Crippen molar-refractivity contribution in [2.24, 2.45) is 0 Å². The van der Waals surface area contributed by atoms with E-state index in [1.54, 1.807) is 12.4 Å². The van der Waals surface area contributed by atoms with Gasteiger partial charge in [0.15, 0.2) is 0 Å². The largest absolute Gasteiger partial charge is 0.490 e. The third-order valence-electron chi connectivity index (χ3n) is 4.76. The van der Waals surface area contributed by atoms with Crippen molar-refractivity contribution in [3.63, 3.8) is 0 Å². The Morgan fingerprint density at radius 2 is 2.07 bits per heavy atom. The zero-order valence-electron chi connectivity index (χ0n) is 17.4. The molecule has 1 N–H and O–H groups in total.